The van der Waals surface area contributed by atoms with Crippen LogP contribution >= 0.6 is 0 Å². The van der Waals surface area contributed by atoms with Gasteiger partial charge >= 0.3 is 5.97 Å². The average Bonchev–Trinajstić information content (AvgIpc) is 2.34. The van der Waals surface area contributed by atoms with Crippen molar-refractivity contribution in [2.75, 3.05) is 0 Å². The van der Waals surface area contributed by atoms with E-state index in [1.54, 1.807) is 20.8 Å². The molecule has 0 aromatic rings. The second-order valence-electron chi connectivity index (χ2n) is 4.21. The predicted molar refractivity (Wildman–Crippen MR) is 46.5 cm³/mol. The predicted octanol–water partition coefficient (Wildman–Crippen LogP) is -0.256. The minimum absolute atomic E-state index is 0.395. The summed E-state index contributed by atoms with van der Waals surface area (Å²) >= 11 is 0. The zero-order valence-electron chi connectivity index (χ0n) is 8.80. The number of carbonyl (C=O) groups is 1. The molecule has 4 atom stereocenters. The van der Waals surface area contributed by atoms with Crippen LogP contribution in [0, 0.1) is 0 Å². The molecule has 0 amide bonds. The van der Waals surface area contributed by atoms with Crippen LogP contribution in [0.15, 0.2) is 0 Å². The van der Waals surface area contributed by atoms with Gasteiger partial charge in [0.15, 0.2) is 24.1 Å². The van der Waals surface area contributed by atoms with Crippen LogP contribution < -0.4 is 0 Å². The molecule has 6 heteroatoms. The first-order valence-corrected chi connectivity index (χ1v) is 4.81. The van der Waals surface area contributed by atoms with Crippen molar-refractivity contribution in [1.82, 2.24) is 0 Å². The SMILES string of the molecule is CC1OC(C)(C)OOC2C(O)C(=O)O[C@H]12. The van der Waals surface area contributed by atoms with Crippen molar-refractivity contribution < 1.29 is 29.1 Å². The molecule has 2 saturated heterocycles. The Labute approximate surface area is 87.0 Å². The van der Waals surface area contributed by atoms with Gasteiger partial charge in [0.1, 0.15) is 0 Å². The number of ether oxygens (including phenoxy) is 2. The lowest BCUT2D eigenvalue weighted by Gasteiger charge is -2.24. The summed E-state index contributed by atoms with van der Waals surface area (Å²) in [6, 6.07) is 0. The summed E-state index contributed by atoms with van der Waals surface area (Å²) in [4.78, 5) is 21.0. The number of fused-ring (bicyclic) bond motifs is 1. The number of rotatable bonds is 0. The zero-order valence-corrected chi connectivity index (χ0v) is 8.80. The van der Waals surface area contributed by atoms with Crippen molar-refractivity contribution in [3.05, 3.63) is 0 Å². The van der Waals surface area contributed by atoms with E-state index >= 15 is 0 Å². The number of hydrogen-bond acceptors (Lipinski definition) is 6. The standard InChI is InChI=1S/C9H14O6/c1-4-6-7(5(10)8(11)12-6)14-15-9(2,3)13-4/h4-7,10H,1-3H3/t4?,5?,6-,7?/m1/s1. The molecule has 1 N–H and O–H groups in total. The van der Waals surface area contributed by atoms with Crippen molar-refractivity contribution in [2.24, 2.45) is 0 Å². The molecular formula is C9H14O6. The van der Waals surface area contributed by atoms with Crippen molar-refractivity contribution in [3.8, 4) is 0 Å². The van der Waals surface area contributed by atoms with Gasteiger partial charge in [0.25, 0.3) is 0 Å². The summed E-state index contributed by atoms with van der Waals surface area (Å²) in [6.45, 7) is 5.10. The highest BCUT2D eigenvalue weighted by atomic mass is 17.2. The Bertz CT molecular complexity index is 276. The molecule has 0 aromatic heterocycles. The number of esters is 1. The van der Waals surface area contributed by atoms with Gasteiger partial charge in [-0.05, 0) is 20.8 Å². The lowest BCUT2D eigenvalue weighted by molar-refractivity contribution is -0.424. The Kier molecular flexibility index (Phi) is 2.46. The smallest absolute Gasteiger partial charge is 0.338 e. The van der Waals surface area contributed by atoms with Crippen molar-refractivity contribution in [3.63, 3.8) is 0 Å². The van der Waals surface area contributed by atoms with E-state index in [1.165, 1.54) is 0 Å². The molecule has 0 spiro atoms. The van der Waals surface area contributed by atoms with E-state index in [0.717, 1.165) is 0 Å². The molecule has 2 aliphatic rings. The van der Waals surface area contributed by atoms with Crippen LogP contribution in [-0.2, 0) is 24.0 Å². The summed E-state index contributed by atoms with van der Waals surface area (Å²) in [6.07, 6.45) is -3.16. The minimum atomic E-state index is -1.31. The molecule has 0 aliphatic carbocycles. The molecule has 2 aliphatic heterocycles. The van der Waals surface area contributed by atoms with Gasteiger partial charge in [-0.2, -0.15) is 0 Å². The van der Waals surface area contributed by atoms with E-state index in [0.29, 0.717) is 0 Å². The Morgan fingerprint density at radius 2 is 2.00 bits per heavy atom. The molecular weight excluding hydrogens is 204 g/mol. The lowest BCUT2D eigenvalue weighted by Crippen LogP contribution is -2.38. The first-order chi connectivity index (χ1) is 6.91. The monoisotopic (exact) mass is 218 g/mol. The molecule has 2 rings (SSSR count). The molecule has 2 fully saturated rings. The molecule has 6 nitrogen and oxygen atoms in total. The number of aliphatic hydroxyl groups is 1. The molecule has 0 radical (unpaired) electrons. The summed E-state index contributed by atoms with van der Waals surface area (Å²) in [7, 11) is 0. The van der Waals surface area contributed by atoms with Gasteiger partial charge in [-0.15, -0.1) is 0 Å². The lowest BCUT2D eigenvalue weighted by atomic mass is 10.1. The van der Waals surface area contributed by atoms with Gasteiger partial charge in [-0.3, -0.25) is 0 Å². The Hall–Kier alpha value is -0.690. The highest BCUT2D eigenvalue weighted by Crippen LogP contribution is 2.31. The van der Waals surface area contributed by atoms with Crippen molar-refractivity contribution in [1.29, 1.82) is 0 Å². The van der Waals surface area contributed by atoms with Crippen LogP contribution in [0.1, 0.15) is 20.8 Å². The summed E-state index contributed by atoms with van der Waals surface area (Å²) in [5.74, 6) is -1.63. The third-order valence-electron chi connectivity index (χ3n) is 2.42. The van der Waals surface area contributed by atoms with Gasteiger partial charge in [0.2, 0.25) is 0 Å². The van der Waals surface area contributed by atoms with Gasteiger partial charge < -0.3 is 14.6 Å². The minimum Gasteiger partial charge on any atom is -0.455 e. The first-order valence-electron chi connectivity index (χ1n) is 4.81. The highest BCUT2D eigenvalue weighted by molar-refractivity contribution is 5.77. The highest BCUT2D eigenvalue weighted by Gasteiger charge is 2.52. The molecule has 86 valence electrons. The molecule has 0 bridgehead atoms. The topological polar surface area (TPSA) is 74.2 Å². The second kappa shape index (κ2) is 3.41. The number of aliphatic hydroxyl groups excluding tert-OH is 1. The van der Waals surface area contributed by atoms with Crippen LogP contribution in [-0.4, -0.2) is 41.3 Å². The fourth-order valence-corrected chi connectivity index (χ4v) is 1.76. The molecule has 0 saturated carbocycles. The van der Waals surface area contributed by atoms with E-state index in [1.807, 2.05) is 0 Å². The van der Waals surface area contributed by atoms with E-state index in [9.17, 15) is 9.90 Å². The maximum atomic E-state index is 11.1. The fourth-order valence-electron chi connectivity index (χ4n) is 1.76. The van der Waals surface area contributed by atoms with E-state index in [4.69, 9.17) is 19.2 Å². The summed E-state index contributed by atoms with van der Waals surface area (Å²) < 4.78 is 10.4. The van der Waals surface area contributed by atoms with Crippen molar-refractivity contribution >= 4 is 5.97 Å². The van der Waals surface area contributed by atoms with Gasteiger partial charge in [0, 0.05) is 0 Å². The zero-order chi connectivity index (χ0) is 11.2. The number of hydrogen-bond donors (Lipinski definition) is 1. The van der Waals surface area contributed by atoms with Crippen LogP contribution in [0.4, 0.5) is 0 Å². The average molecular weight is 218 g/mol. The largest absolute Gasteiger partial charge is 0.455 e. The second-order valence-corrected chi connectivity index (χ2v) is 4.21. The van der Waals surface area contributed by atoms with E-state index in [-0.39, 0.29) is 0 Å². The number of carbonyl (C=O) groups excluding carboxylic acids is 1. The molecule has 15 heavy (non-hydrogen) atoms. The van der Waals surface area contributed by atoms with E-state index in [2.05, 4.69) is 0 Å². The van der Waals surface area contributed by atoms with Crippen LogP contribution in [0.5, 0.6) is 0 Å². The normalized spacial score (nSPS) is 44.4. The molecule has 0 aromatic carbocycles. The third-order valence-corrected chi connectivity index (χ3v) is 2.42. The van der Waals surface area contributed by atoms with Crippen LogP contribution in [0.25, 0.3) is 0 Å². The van der Waals surface area contributed by atoms with E-state index < -0.39 is 36.2 Å². The summed E-state index contributed by atoms with van der Waals surface area (Å²) in [5.41, 5.74) is 0. The maximum absolute atomic E-state index is 11.1. The Morgan fingerprint density at radius 3 is 2.67 bits per heavy atom. The first kappa shape index (κ1) is 10.8. The fraction of sp³-hybridized carbons (Fsp3) is 0.889. The summed E-state index contributed by atoms with van der Waals surface area (Å²) in [5, 5.41) is 9.47. The Morgan fingerprint density at radius 1 is 1.33 bits per heavy atom. The van der Waals surface area contributed by atoms with Gasteiger partial charge in [-0.1, -0.05) is 0 Å². The van der Waals surface area contributed by atoms with Crippen LogP contribution in [0.2, 0.25) is 0 Å². The molecule has 2 heterocycles. The maximum Gasteiger partial charge on any atom is 0.338 e. The third kappa shape index (κ3) is 1.85. The van der Waals surface area contributed by atoms with Gasteiger partial charge in [-0.25, -0.2) is 14.6 Å². The quantitative estimate of drug-likeness (QED) is 0.446. The van der Waals surface area contributed by atoms with Crippen molar-refractivity contribution in [2.45, 2.75) is 51.0 Å². The molecule has 3 unspecified atom stereocenters. The van der Waals surface area contributed by atoms with Crippen LogP contribution in [0.3, 0.4) is 0 Å². The Balaban J connectivity index is 2.19. The van der Waals surface area contributed by atoms with Gasteiger partial charge in [0.05, 0.1) is 6.10 Å².